The highest BCUT2D eigenvalue weighted by molar-refractivity contribution is 7.36. The van der Waals surface area contributed by atoms with Gasteiger partial charge in [-0.1, -0.05) is 90.9 Å². The Kier molecular flexibility index (Phi) is 19.9. The second-order valence-electron chi connectivity index (χ2n) is 6.13. The van der Waals surface area contributed by atoms with Crippen LogP contribution in [-0.2, 0) is 13.0 Å². The molecule has 0 atom stereocenters. The maximum absolute atomic E-state index is 11.6. The lowest BCUT2D eigenvalue weighted by Crippen LogP contribution is -1.96. The van der Waals surface area contributed by atoms with Gasteiger partial charge in [0.15, 0.2) is 0 Å². The zero-order valence-electron chi connectivity index (χ0n) is 15.0. The largest absolute Gasteiger partial charge is 0.671 e. The van der Waals surface area contributed by atoms with Gasteiger partial charge in [-0.15, -0.1) is 0 Å². The van der Waals surface area contributed by atoms with E-state index in [4.69, 9.17) is 8.43 Å². The molecule has 0 aromatic heterocycles. The maximum atomic E-state index is 11.6. The fourth-order valence-corrected chi connectivity index (χ4v) is 6.74. The topological polar surface area (TPSA) is 35.5 Å². The molecule has 0 radical (unpaired) electrons. The molecular weight excluding hydrogens is 327 g/mol. The molecule has 0 amide bonds. The van der Waals surface area contributed by atoms with Crippen LogP contribution in [0.5, 0.6) is 0 Å². The van der Waals surface area contributed by atoms with Crippen LogP contribution in [0.15, 0.2) is 0 Å². The van der Waals surface area contributed by atoms with Gasteiger partial charge in [0.25, 0.3) is 0 Å². The van der Waals surface area contributed by atoms with Crippen LogP contribution in [0.1, 0.15) is 90.9 Å². The summed E-state index contributed by atoms with van der Waals surface area (Å²) in [6.07, 6.45) is 15.8. The van der Waals surface area contributed by atoms with Crippen molar-refractivity contribution in [3.63, 3.8) is 0 Å². The molecule has 0 spiro atoms. The third-order valence-electron chi connectivity index (χ3n) is 3.89. The van der Waals surface area contributed by atoms with Crippen molar-refractivity contribution >= 4 is 27.8 Å². The minimum atomic E-state index is -1.77. The van der Waals surface area contributed by atoms with Crippen LogP contribution in [0, 0.1) is 0 Å². The molecular formula is C16H38O3PSi2+. The fourth-order valence-electron chi connectivity index (χ4n) is 2.43. The molecule has 0 heterocycles. The molecule has 0 N–H and O–H groups in total. The fraction of sp³-hybridized carbons (Fsp3) is 1.00. The summed E-state index contributed by atoms with van der Waals surface area (Å²) in [7, 11) is -3.00. The van der Waals surface area contributed by atoms with Crippen LogP contribution in [0.25, 0.3) is 0 Å². The lowest BCUT2D eigenvalue weighted by molar-refractivity contribution is 0.432. The Morgan fingerprint density at radius 2 is 1.00 bits per heavy atom. The van der Waals surface area contributed by atoms with E-state index in [0.29, 0.717) is 0 Å². The smallest absolute Gasteiger partial charge is 0.184 e. The van der Waals surface area contributed by atoms with Crippen molar-refractivity contribution in [2.75, 3.05) is 0 Å². The van der Waals surface area contributed by atoms with Crippen LogP contribution >= 0.6 is 8.25 Å². The Morgan fingerprint density at radius 3 is 1.41 bits per heavy atom. The summed E-state index contributed by atoms with van der Waals surface area (Å²) in [5, 5.41) is 0. The number of unbranched alkanes of at least 4 members (excludes halogenated alkanes) is 10. The van der Waals surface area contributed by atoms with Gasteiger partial charge in [-0.05, 0) is 12.1 Å². The third kappa shape index (κ3) is 18.5. The summed E-state index contributed by atoms with van der Waals surface area (Å²) in [5.41, 5.74) is 0. The van der Waals surface area contributed by atoms with Crippen LogP contribution in [0.2, 0.25) is 12.1 Å². The minimum Gasteiger partial charge on any atom is -0.184 e. The summed E-state index contributed by atoms with van der Waals surface area (Å²) >= 11 is 0. The molecule has 0 aromatic carbocycles. The number of hydrogen-bond acceptors (Lipinski definition) is 3. The second-order valence-corrected chi connectivity index (χ2v) is 10.9. The molecule has 0 aliphatic rings. The lowest BCUT2D eigenvalue weighted by atomic mass is 10.1. The van der Waals surface area contributed by atoms with E-state index >= 15 is 0 Å². The van der Waals surface area contributed by atoms with Crippen molar-refractivity contribution in [1.82, 2.24) is 0 Å². The Labute approximate surface area is 144 Å². The van der Waals surface area contributed by atoms with Crippen molar-refractivity contribution in [1.29, 1.82) is 0 Å². The first-order chi connectivity index (χ1) is 10.8. The van der Waals surface area contributed by atoms with E-state index in [9.17, 15) is 4.57 Å². The van der Waals surface area contributed by atoms with Gasteiger partial charge in [0, 0.05) is 4.57 Å². The van der Waals surface area contributed by atoms with Crippen molar-refractivity contribution in [2.24, 2.45) is 0 Å². The highest BCUT2D eigenvalue weighted by Gasteiger charge is 2.18. The highest BCUT2D eigenvalue weighted by Crippen LogP contribution is 2.23. The van der Waals surface area contributed by atoms with Gasteiger partial charge in [-0.25, -0.2) is 0 Å². The lowest BCUT2D eigenvalue weighted by Gasteiger charge is -1.98. The van der Waals surface area contributed by atoms with Crippen molar-refractivity contribution in [2.45, 2.75) is 103 Å². The van der Waals surface area contributed by atoms with E-state index in [2.05, 4.69) is 13.8 Å². The Morgan fingerprint density at radius 1 is 0.636 bits per heavy atom. The molecule has 22 heavy (non-hydrogen) atoms. The van der Waals surface area contributed by atoms with Gasteiger partial charge >= 0.3 is 8.25 Å². The summed E-state index contributed by atoms with van der Waals surface area (Å²) in [6, 6.07) is 2.30. The summed E-state index contributed by atoms with van der Waals surface area (Å²) < 4.78 is 22.3. The predicted octanol–water partition coefficient (Wildman–Crippen LogP) is 5.40. The monoisotopic (exact) mass is 365 g/mol. The average Bonchev–Trinajstić information content (AvgIpc) is 2.52. The van der Waals surface area contributed by atoms with Gasteiger partial charge in [0.05, 0.1) is 0 Å². The zero-order valence-corrected chi connectivity index (χ0v) is 18.7. The van der Waals surface area contributed by atoms with Gasteiger partial charge in [-0.3, -0.25) is 0 Å². The van der Waals surface area contributed by atoms with E-state index in [1.165, 1.54) is 77.0 Å². The van der Waals surface area contributed by atoms with E-state index in [0.717, 1.165) is 12.1 Å². The molecule has 0 aromatic rings. The van der Waals surface area contributed by atoms with Crippen molar-refractivity contribution in [3.05, 3.63) is 0 Å². The van der Waals surface area contributed by atoms with Crippen LogP contribution < -0.4 is 0 Å². The zero-order chi connectivity index (χ0) is 16.3. The summed E-state index contributed by atoms with van der Waals surface area (Å²) in [6.45, 7) is 4.49. The molecule has 0 aliphatic heterocycles. The van der Waals surface area contributed by atoms with Crippen molar-refractivity contribution in [3.8, 4) is 0 Å². The second kappa shape index (κ2) is 19.5. The molecule has 0 bridgehead atoms. The van der Waals surface area contributed by atoms with Gasteiger partial charge in [0.1, 0.15) is 0 Å². The molecule has 0 aliphatic carbocycles. The quantitative estimate of drug-likeness (QED) is 0.185. The minimum absolute atomic E-state index is 0.616. The molecule has 0 saturated carbocycles. The molecule has 0 unspecified atom stereocenters. The highest BCUT2D eigenvalue weighted by atomic mass is 31.1. The molecule has 132 valence electrons. The number of hydrogen-bond donors (Lipinski definition) is 0. The van der Waals surface area contributed by atoms with E-state index in [1.807, 2.05) is 0 Å². The first-order valence-electron chi connectivity index (χ1n) is 9.54. The van der Waals surface area contributed by atoms with E-state index in [1.54, 1.807) is 0 Å². The van der Waals surface area contributed by atoms with Crippen molar-refractivity contribution < 1.29 is 13.0 Å². The van der Waals surface area contributed by atoms with Gasteiger partial charge in [0.2, 0.25) is 19.5 Å². The normalized spacial score (nSPS) is 12.9. The van der Waals surface area contributed by atoms with Crippen LogP contribution in [-0.4, -0.2) is 19.5 Å². The molecule has 3 nitrogen and oxygen atoms in total. The summed E-state index contributed by atoms with van der Waals surface area (Å²) in [4.78, 5) is 0. The Bertz CT molecular complexity index is 221. The van der Waals surface area contributed by atoms with Gasteiger partial charge < -0.3 is 0 Å². The molecule has 0 saturated heterocycles. The first kappa shape index (κ1) is 22.5. The number of rotatable bonds is 18. The molecule has 0 rings (SSSR count). The summed E-state index contributed by atoms with van der Waals surface area (Å²) in [5.74, 6) is 0. The first-order valence-corrected chi connectivity index (χ1v) is 13.8. The van der Waals surface area contributed by atoms with Gasteiger partial charge in [-0.2, -0.15) is 8.43 Å². The van der Waals surface area contributed by atoms with E-state index < -0.39 is 27.8 Å². The predicted molar refractivity (Wildman–Crippen MR) is 103 cm³/mol. The standard InChI is InChI=1S/C16H38O3PSi2/c1-3-5-7-9-11-13-15-21-18-20(17)19-22-16-14-12-10-8-6-4-2/h3-16,21-22H2,1-2H3/q+1. The van der Waals surface area contributed by atoms with Crippen LogP contribution in [0.4, 0.5) is 0 Å². The Hall–Kier alpha value is 0.454. The van der Waals surface area contributed by atoms with Crippen LogP contribution in [0.3, 0.4) is 0 Å². The molecule has 0 fully saturated rings. The van der Waals surface area contributed by atoms with E-state index in [-0.39, 0.29) is 0 Å². The SMILES string of the molecule is CCCCCCCC[SiH2]O[P+](=O)O[SiH2]CCCCCCCC. The third-order valence-corrected chi connectivity index (χ3v) is 8.61. The Balaban J connectivity index is 3.13. The average molecular weight is 366 g/mol. The maximum Gasteiger partial charge on any atom is 0.671 e. The molecule has 6 heteroatoms.